The van der Waals surface area contributed by atoms with Crippen molar-refractivity contribution < 1.29 is 4.79 Å². The van der Waals surface area contributed by atoms with Crippen LogP contribution in [0.3, 0.4) is 0 Å². The van der Waals surface area contributed by atoms with Gasteiger partial charge in [0.05, 0.1) is 17.3 Å². The number of nitrogens with zero attached hydrogens (tertiary/aromatic N) is 2. The fourth-order valence-corrected chi connectivity index (χ4v) is 2.11. The summed E-state index contributed by atoms with van der Waals surface area (Å²) in [5.74, 6) is 0.655. The fourth-order valence-electron chi connectivity index (χ4n) is 2.11. The molecule has 4 nitrogen and oxygen atoms in total. The first-order valence-electron chi connectivity index (χ1n) is 7.98. The van der Waals surface area contributed by atoms with Gasteiger partial charge in [-0.3, -0.25) is 4.79 Å². The van der Waals surface area contributed by atoms with E-state index < -0.39 is 5.41 Å². The van der Waals surface area contributed by atoms with Gasteiger partial charge in [0.15, 0.2) is 0 Å². The van der Waals surface area contributed by atoms with E-state index in [2.05, 4.69) is 30.8 Å². The van der Waals surface area contributed by atoms with Crippen LogP contribution < -0.4 is 5.32 Å². The van der Waals surface area contributed by atoms with Crippen molar-refractivity contribution in [2.45, 2.75) is 47.5 Å². The molecule has 22 heavy (non-hydrogen) atoms. The number of rotatable bonds is 8. The van der Waals surface area contributed by atoms with E-state index in [1.54, 1.807) is 0 Å². The number of aromatic nitrogens is 2. The molecule has 1 rings (SSSR count). The van der Waals surface area contributed by atoms with E-state index in [0.29, 0.717) is 12.5 Å². The first-order chi connectivity index (χ1) is 10.3. The third-order valence-electron chi connectivity index (χ3n) is 3.66. The van der Waals surface area contributed by atoms with Gasteiger partial charge >= 0.3 is 0 Å². The van der Waals surface area contributed by atoms with Gasteiger partial charge in [0, 0.05) is 18.3 Å². The maximum atomic E-state index is 12.0. The normalized spacial score (nSPS) is 12.1. The standard InChI is InChI=1S/C18H29N3O/c1-7-15-13-20-21(16(15)10-9-14(3)4)12-11-18(5,6)17(22)19-8-2/h7,11-14H,1,8-10H2,2-6H3,(H,19,22)/b12-11+. The zero-order valence-corrected chi connectivity index (χ0v) is 14.5. The topological polar surface area (TPSA) is 46.9 Å². The molecular weight excluding hydrogens is 274 g/mol. The van der Waals surface area contributed by atoms with Crippen LogP contribution in [0, 0.1) is 11.3 Å². The van der Waals surface area contributed by atoms with E-state index >= 15 is 0 Å². The van der Waals surface area contributed by atoms with Crippen LogP contribution in [0.5, 0.6) is 0 Å². The molecule has 0 atom stereocenters. The predicted molar refractivity (Wildman–Crippen MR) is 93.3 cm³/mol. The molecule has 1 aromatic heterocycles. The molecule has 0 fully saturated rings. The molecule has 1 aromatic rings. The van der Waals surface area contributed by atoms with E-state index in [9.17, 15) is 4.79 Å². The highest BCUT2D eigenvalue weighted by Gasteiger charge is 2.23. The van der Waals surface area contributed by atoms with Gasteiger partial charge in [-0.2, -0.15) is 5.10 Å². The zero-order valence-electron chi connectivity index (χ0n) is 14.5. The summed E-state index contributed by atoms with van der Waals surface area (Å²) < 4.78 is 1.86. The summed E-state index contributed by atoms with van der Waals surface area (Å²) in [7, 11) is 0. The van der Waals surface area contributed by atoms with E-state index in [1.807, 2.05) is 50.0 Å². The first kappa shape index (κ1) is 18.2. The minimum Gasteiger partial charge on any atom is -0.356 e. The zero-order chi connectivity index (χ0) is 16.8. The minimum atomic E-state index is -0.564. The summed E-state index contributed by atoms with van der Waals surface area (Å²) in [5, 5.41) is 7.26. The maximum absolute atomic E-state index is 12.0. The van der Waals surface area contributed by atoms with E-state index in [4.69, 9.17) is 0 Å². The van der Waals surface area contributed by atoms with Gasteiger partial charge in [-0.05, 0) is 39.5 Å². The molecule has 1 N–H and O–H groups in total. The van der Waals surface area contributed by atoms with Crippen molar-refractivity contribution in [3.05, 3.63) is 30.1 Å². The molecule has 0 aromatic carbocycles. The monoisotopic (exact) mass is 303 g/mol. The number of nitrogens with one attached hydrogen (secondary N) is 1. The highest BCUT2D eigenvalue weighted by Crippen LogP contribution is 2.20. The van der Waals surface area contributed by atoms with Crippen molar-refractivity contribution >= 4 is 18.2 Å². The third-order valence-corrected chi connectivity index (χ3v) is 3.66. The Labute approximate surface area is 134 Å². The van der Waals surface area contributed by atoms with Crippen LogP contribution in [0.1, 0.15) is 52.3 Å². The molecule has 0 unspecified atom stereocenters. The maximum Gasteiger partial charge on any atom is 0.229 e. The van der Waals surface area contributed by atoms with Crippen molar-refractivity contribution in [2.24, 2.45) is 11.3 Å². The summed E-state index contributed by atoms with van der Waals surface area (Å²) >= 11 is 0. The molecular formula is C18H29N3O. The number of carbonyl (C=O) groups is 1. The van der Waals surface area contributed by atoms with Gasteiger partial charge in [0.25, 0.3) is 0 Å². The smallest absolute Gasteiger partial charge is 0.229 e. The Morgan fingerprint density at radius 1 is 1.50 bits per heavy atom. The van der Waals surface area contributed by atoms with Crippen LogP contribution in [-0.2, 0) is 11.2 Å². The van der Waals surface area contributed by atoms with Crippen LogP contribution in [0.25, 0.3) is 12.3 Å². The van der Waals surface area contributed by atoms with Crippen LogP contribution in [-0.4, -0.2) is 22.2 Å². The lowest BCUT2D eigenvalue weighted by Crippen LogP contribution is -2.35. The Morgan fingerprint density at radius 2 is 2.18 bits per heavy atom. The molecule has 0 bridgehead atoms. The third kappa shape index (κ3) is 4.86. The van der Waals surface area contributed by atoms with Gasteiger partial charge < -0.3 is 5.32 Å². The Balaban J connectivity index is 2.97. The Bertz CT molecular complexity index is 539. The van der Waals surface area contributed by atoms with Crippen LogP contribution >= 0.6 is 0 Å². The van der Waals surface area contributed by atoms with Crippen molar-refractivity contribution in [1.82, 2.24) is 15.1 Å². The van der Waals surface area contributed by atoms with E-state index in [1.165, 1.54) is 0 Å². The van der Waals surface area contributed by atoms with Crippen LogP contribution in [0.2, 0.25) is 0 Å². The molecule has 0 radical (unpaired) electrons. The predicted octanol–water partition coefficient (Wildman–Crippen LogP) is 3.75. The Kier molecular flexibility index (Phi) is 6.60. The van der Waals surface area contributed by atoms with Gasteiger partial charge in [-0.1, -0.05) is 32.6 Å². The van der Waals surface area contributed by atoms with Gasteiger partial charge in [0.1, 0.15) is 0 Å². The van der Waals surface area contributed by atoms with Gasteiger partial charge in [0.2, 0.25) is 5.91 Å². The number of hydrogen-bond donors (Lipinski definition) is 1. The summed E-state index contributed by atoms with van der Waals surface area (Å²) in [4.78, 5) is 12.0. The second-order valence-electron chi connectivity index (χ2n) is 6.52. The van der Waals surface area contributed by atoms with Crippen LogP contribution in [0.15, 0.2) is 18.9 Å². The second kappa shape index (κ2) is 7.97. The minimum absolute atomic E-state index is 0.0195. The summed E-state index contributed by atoms with van der Waals surface area (Å²) in [6.45, 7) is 14.6. The average Bonchev–Trinajstić information content (AvgIpc) is 2.85. The van der Waals surface area contributed by atoms with Gasteiger partial charge in [-0.15, -0.1) is 0 Å². The summed E-state index contributed by atoms with van der Waals surface area (Å²) in [5.41, 5.74) is 1.64. The molecule has 0 aliphatic heterocycles. The molecule has 0 spiro atoms. The molecule has 4 heteroatoms. The van der Waals surface area contributed by atoms with Crippen molar-refractivity contribution in [3.63, 3.8) is 0 Å². The van der Waals surface area contributed by atoms with E-state index in [-0.39, 0.29) is 5.91 Å². The number of amides is 1. The molecule has 0 aliphatic rings. The van der Waals surface area contributed by atoms with Crippen molar-refractivity contribution in [2.75, 3.05) is 6.54 Å². The van der Waals surface area contributed by atoms with Crippen molar-refractivity contribution in [1.29, 1.82) is 0 Å². The molecule has 122 valence electrons. The lowest BCUT2D eigenvalue weighted by molar-refractivity contribution is -0.126. The largest absolute Gasteiger partial charge is 0.356 e. The second-order valence-corrected chi connectivity index (χ2v) is 6.52. The molecule has 0 aliphatic carbocycles. The van der Waals surface area contributed by atoms with Gasteiger partial charge in [-0.25, -0.2) is 4.68 Å². The lowest BCUT2D eigenvalue weighted by Gasteiger charge is -2.19. The quantitative estimate of drug-likeness (QED) is 0.795. The highest BCUT2D eigenvalue weighted by molar-refractivity contribution is 5.84. The fraction of sp³-hybridized carbons (Fsp3) is 0.556. The van der Waals surface area contributed by atoms with Crippen LogP contribution in [0.4, 0.5) is 0 Å². The highest BCUT2D eigenvalue weighted by atomic mass is 16.2. The Morgan fingerprint density at radius 3 is 2.73 bits per heavy atom. The molecule has 1 amide bonds. The molecule has 0 saturated heterocycles. The molecule has 1 heterocycles. The summed E-state index contributed by atoms with van der Waals surface area (Å²) in [6.07, 6.45) is 9.49. The first-order valence-corrected chi connectivity index (χ1v) is 7.98. The SMILES string of the molecule is C=Cc1cnn(/C=C/C(C)(C)C(=O)NCC)c1CCC(C)C. The molecule has 0 saturated carbocycles. The summed E-state index contributed by atoms with van der Waals surface area (Å²) in [6, 6.07) is 0. The van der Waals surface area contributed by atoms with E-state index in [0.717, 1.165) is 24.1 Å². The number of carbonyl (C=O) groups excluding carboxylic acids is 1. The number of hydrogen-bond acceptors (Lipinski definition) is 2. The Hall–Kier alpha value is -1.84. The average molecular weight is 303 g/mol. The lowest BCUT2D eigenvalue weighted by atomic mass is 9.92. The van der Waals surface area contributed by atoms with Crippen molar-refractivity contribution in [3.8, 4) is 0 Å².